The van der Waals surface area contributed by atoms with E-state index in [1.54, 1.807) is 34.6 Å². The molecule has 7 heteroatoms. The maximum atomic E-state index is 12.1. The van der Waals surface area contributed by atoms with E-state index in [-0.39, 0.29) is 24.8 Å². The summed E-state index contributed by atoms with van der Waals surface area (Å²) in [5.74, 6) is -0.0124. The van der Waals surface area contributed by atoms with E-state index in [0.717, 1.165) is 0 Å². The van der Waals surface area contributed by atoms with Gasteiger partial charge >= 0.3 is 0 Å². The number of nitrogens with zero attached hydrogens (tertiary/aromatic N) is 1. The summed E-state index contributed by atoms with van der Waals surface area (Å²) < 4.78 is 28.1. The second kappa shape index (κ2) is 5.79. The summed E-state index contributed by atoms with van der Waals surface area (Å²) in [7, 11) is -3.54. The fourth-order valence-electron chi connectivity index (χ4n) is 1.33. The summed E-state index contributed by atoms with van der Waals surface area (Å²) >= 11 is 0. The van der Waals surface area contributed by atoms with E-state index in [9.17, 15) is 8.42 Å². The van der Waals surface area contributed by atoms with Crippen molar-refractivity contribution < 1.29 is 8.42 Å². The van der Waals surface area contributed by atoms with Gasteiger partial charge in [0.15, 0.2) is 0 Å². The van der Waals surface area contributed by atoms with Crippen molar-refractivity contribution in [2.45, 2.75) is 52.6 Å². The molecule has 17 heavy (non-hydrogen) atoms. The highest BCUT2D eigenvalue weighted by Gasteiger charge is 2.28. The van der Waals surface area contributed by atoms with E-state index in [2.05, 4.69) is 4.72 Å². The monoisotopic (exact) mass is 264 g/mol. The summed E-state index contributed by atoms with van der Waals surface area (Å²) in [5, 5.41) is 7.15. The molecule has 0 atom stereocenters. The highest BCUT2D eigenvalue weighted by Crippen LogP contribution is 2.10. The molecule has 0 saturated heterocycles. The predicted octanol–water partition coefficient (Wildman–Crippen LogP) is 0.656. The zero-order valence-corrected chi connectivity index (χ0v) is 12.1. The molecule has 0 heterocycles. The van der Waals surface area contributed by atoms with Gasteiger partial charge in [-0.1, -0.05) is 0 Å². The predicted molar refractivity (Wildman–Crippen MR) is 70.2 cm³/mol. The number of nitrogens with one attached hydrogen (secondary N) is 2. The van der Waals surface area contributed by atoms with Gasteiger partial charge in [0, 0.05) is 24.5 Å². The molecule has 0 aliphatic rings. The first kappa shape index (κ1) is 16.3. The Morgan fingerprint density at radius 2 is 1.88 bits per heavy atom. The molecular weight excluding hydrogens is 240 g/mol. The quantitative estimate of drug-likeness (QED) is 0.485. The SMILES string of the molecule is CC(C)N(CCC(=N)N)S(=O)(=O)NC(C)(C)C. The topological polar surface area (TPSA) is 99.3 Å². The maximum Gasteiger partial charge on any atom is 0.280 e. The molecule has 0 fully saturated rings. The zero-order chi connectivity index (χ0) is 13.9. The molecule has 0 aliphatic heterocycles. The fourth-order valence-corrected chi connectivity index (χ4v) is 3.11. The van der Waals surface area contributed by atoms with Crippen molar-refractivity contribution in [2.75, 3.05) is 6.54 Å². The third-order valence-electron chi connectivity index (χ3n) is 1.92. The lowest BCUT2D eigenvalue weighted by molar-refractivity contribution is 0.344. The van der Waals surface area contributed by atoms with Crippen LogP contribution in [0.1, 0.15) is 41.0 Å². The minimum absolute atomic E-state index is 0.0124. The van der Waals surface area contributed by atoms with Crippen LogP contribution in [0.2, 0.25) is 0 Å². The standard InChI is InChI=1S/C10H24N4O2S/c1-8(2)14(7-6-9(11)12)17(15,16)13-10(3,4)5/h8,13H,6-7H2,1-5H3,(H3,11,12). The van der Waals surface area contributed by atoms with E-state index < -0.39 is 15.7 Å². The summed E-state index contributed by atoms with van der Waals surface area (Å²) in [6, 6.07) is -0.172. The van der Waals surface area contributed by atoms with Crippen LogP contribution >= 0.6 is 0 Å². The molecule has 4 N–H and O–H groups in total. The van der Waals surface area contributed by atoms with E-state index in [1.807, 2.05) is 0 Å². The number of nitrogens with two attached hydrogens (primary N) is 1. The Hall–Kier alpha value is -0.660. The van der Waals surface area contributed by atoms with Gasteiger partial charge in [-0.15, -0.1) is 0 Å². The second-order valence-corrected chi connectivity index (χ2v) is 6.96. The molecule has 0 saturated carbocycles. The Morgan fingerprint density at radius 3 is 2.18 bits per heavy atom. The van der Waals surface area contributed by atoms with E-state index >= 15 is 0 Å². The highest BCUT2D eigenvalue weighted by molar-refractivity contribution is 7.87. The smallest absolute Gasteiger partial charge is 0.280 e. The Kier molecular flexibility index (Phi) is 5.57. The van der Waals surface area contributed by atoms with Crippen LogP contribution < -0.4 is 10.5 Å². The first-order valence-corrected chi connectivity index (χ1v) is 7.03. The van der Waals surface area contributed by atoms with Gasteiger partial charge in [-0.25, -0.2) is 0 Å². The van der Waals surface area contributed by atoms with Crippen molar-refractivity contribution in [3.8, 4) is 0 Å². The van der Waals surface area contributed by atoms with Gasteiger partial charge in [-0.3, -0.25) is 5.41 Å². The van der Waals surface area contributed by atoms with Crippen molar-refractivity contribution in [1.29, 1.82) is 5.41 Å². The summed E-state index contributed by atoms with van der Waals surface area (Å²) in [4.78, 5) is 0. The molecule has 0 aromatic carbocycles. The third-order valence-corrected chi connectivity index (χ3v) is 4.01. The molecule has 0 radical (unpaired) electrons. The van der Waals surface area contributed by atoms with Gasteiger partial charge in [0.1, 0.15) is 0 Å². The van der Waals surface area contributed by atoms with Crippen molar-refractivity contribution in [1.82, 2.24) is 9.03 Å². The van der Waals surface area contributed by atoms with Crippen LogP contribution in [0.25, 0.3) is 0 Å². The highest BCUT2D eigenvalue weighted by atomic mass is 32.2. The third kappa shape index (κ3) is 6.60. The van der Waals surface area contributed by atoms with Gasteiger partial charge < -0.3 is 5.73 Å². The molecule has 0 unspecified atom stereocenters. The van der Waals surface area contributed by atoms with Crippen LogP contribution in [0.15, 0.2) is 0 Å². The van der Waals surface area contributed by atoms with Gasteiger partial charge in [-0.2, -0.15) is 17.4 Å². The largest absolute Gasteiger partial charge is 0.388 e. The first-order chi connectivity index (χ1) is 7.46. The molecule has 0 spiro atoms. The first-order valence-electron chi connectivity index (χ1n) is 5.59. The van der Waals surface area contributed by atoms with Crippen LogP contribution in [-0.2, 0) is 10.2 Å². The lowest BCUT2D eigenvalue weighted by Gasteiger charge is -2.30. The Morgan fingerprint density at radius 1 is 1.41 bits per heavy atom. The summed E-state index contributed by atoms with van der Waals surface area (Å²) in [6.45, 7) is 9.17. The summed E-state index contributed by atoms with van der Waals surface area (Å²) in [6.07, 6.45) is 0.239. The maximum absolute atomic E-state index is 12.1. The molecule has 102 valence electrons. The average Bonchev–Trinajstić information content (AvgIpc) is 1.96. The second-order valence-electron chi connectivity index (χ2n) is 5.34. The van der Waals surface area contributed by atoms with Crippen LogP contribution in [0.3, 0.4) is 0 Å². The van der Waals surface area contributed by atoms with Crippen molar-refractivity contribution in [2.24, 2.45) is 5.73 Å². The van der Waals surface area contributed by atoms with Crippen molar-refractivity contribution in [3.63, 3.8) is 0 Å². The van der Waals surface area contributed by atoms with Gasteiger partial charge in [-0.05, 0) is 34.6 Å². The molecule has 0 aliphatic carbocycles. The molecule has 0 rings (SSSR count). The van der Waals surface area contributed by atoms with Crippen LogP contribution in [0, 0.1) is 5.41 Å². The molecule has 0 aromatic heterocycles. The van der Waals surface area contributed by atoms with Crippen LogP contribution in [0.5, 0.6) is 0 Å². The number of amidine groups is 1. The molecule has 0 amide bonds. The molecular formula is C10H24N4O2S. The minimum Gasteiger partial charge on any atom is -0.388 e. The van der Waals surface area contributed by atoms with Crippen LogP contribution in [0.4, 0.5) is 0 Å². The van der Waals surface area contributed by atoms with Crippen molar-refractivity contribution >= 4 is 16.0 Å². The minimum atomic E-state index is -3.54. The van der Waals surface area contributed by atoms with Crippen molar-refractivity contribution in [3.05, 3.63) is 0 Å². The average molecular weight is 264 g/mol. The lowest BCUT2D eigenvalue weighted by atomic mass is 10.1. The van der Waals surface area contributed by atoms with Gasteiger partial charge in [0.2, 0.25) is 0 Å². The Bertz CT molecular complexity index is 357. The lowest BCUT2D eigenvalue weighted by Crippen LogP contribution is -2.51. The zero-order valence-electron chi connectivity index (χ0n) is 11.2. The molecule has 0 aromatic rings. The molecule has 6 nitrogen and oxygen atoms in total. The van der Waals surface area contributed by atoms with Gasteiger partial charge in [0.25, 0.3) is 10.2 Å². The Balaban J connectivity index is 4.87. The normalized spacial score (nSPS) is 13.4. The van der Waals surface area contributed by atoms with E-state index in [1.165, 1.54) is 4.31 Å². The van der Waals surface area contributed by atoms with Crippen LogP contribution in [-0.4, -0.2) is 36.7 Å². The van der Waals surface area contributed by atoms with Gasteiger partial charge in [0.05, 0.1) is 5.84 Å². The number of rotatable bonds is 6. The van der Waals surface area contributed by atoms with E-state index in [0.29, 0.717) is 0 Å². The fraction of sp³-hybridized carbons (Fsp3) is 0.900. The summed E-state index contributed by atoms with van der Waals surface area (Å²) in [5.41, 5.74) is 4.73. The molecule has 0 bridgehead atoms. The number of hydrogen-bond donors (Lipinski definition) is 3. The Labute approximate surface area is 104 Å². The number of hydrogen-bond acceptors (Lipinski definition) is 3. The van der Waals surface area contributed by atoms with E-state index in [4.69, 9.17) is 11.1 Å².